The molecule has 0 spiro atoms. The van der Waals surface area contributed by atoms with Gasteiger partial charge in [-0.3, -0.25) is 4.79 Å². The van der Waals surface area contributed by atoms with Crippen LogP contribution < -0.4 is 10.1 Å². The largest absolute Gasteiger partial charge is 0.496 e. The lowest BCUT2D eigenvalue weighted by Gasteiger charge is -2.05. The van der Waals surface area contributed by atoms with E-state index < -0.39 is 0 Å². The molecular weight excluding hydrogens is 457 g/mol. The highest BCUT2D eigenvalue weighted by Gasteiger charge is 2.15. The van der Waals surface area contributed by atoms with Gasteiger partial charge in [0, 0.05) is 17.7 Å². The maximum atomic E-state index is 13.3. The third-order valence-electron chi connectivity index (χ3n) is 5.73. The maximum Gasteiger partial charge on any atom is 0.249 e. The Morgan fingerprint density at radius 2 is 1.92 bits per heavy atom. The number of imidazole rings is 1. The van der Waals surface area contributed by atoms with Crippen LogP contribution in [0, 0.1) is 12.7 Å². The Morgan fingerprint density at radius 3 is 2.72 bits per heavy atom. The van der Waals surface area contributed by atoms with Crippen molar-refractivity contribution >= 4 is 28.8 Å². The quantitative estimate of drug-likeness (QED) is 0.303. The monoisotopic (exact) mass is 481 g/mol. The molecule has 0 atom stereocenters. The van der Waals surface area contributed by atoms with E-state index in [9.17, 15) is 9.18 Å². The molecule has 8 heteroatoms. The molecule has 2 heterocycles. The first kappa shape index (κ1) is 23.0. The van der Waals surface area contributed by atoms with Gasteiger partial charge in [0.2, 0.25) is 11.9 Å². The van der Waals surface area contributed by atoms with Gasteiger partial charge in [0.15, 0.2) is 0 Å². The third kappa shape index (κ3) is 4.88. The van der Waals surface area contributed by atoms with E-state index in [0.29, 0.717) is 23.9 Å². The second-order valence-electron chi connectivity index (χ2n) is 8.32. The average molecular weight is 482 g/mol. The summed E-state index contributed by atoms with van der Waals surface area (Å²) in [5.41, 5.74) is 5.13. The third-order valence-corrected chi connectivity index (χ3v) is 5.73. The van der Waals surface area contributed by atoms with Gasteiger partial charge in [0.1, 0.15) is 17.4 Å². The minimum Gasteiger partial charge on any atom is -0.496 e. The predicted octanol–water partition coefficient (Wildman–Crippen LogP) is 5.45. The number of amides is 1. The number of ether oxygens (including phenoxy) is 1. The van der Waals surface area contributed by atoms with Crippen molar-refractivity contribution in [1.82, 2.24) is 19.7 Å². The fourth-order valence-electron chi connectivity index (χ4n) is 4.03. The van der Waals surface area contributed by atoms with Gasteiger partial charge in [-0.1, -0.05) is 42.5 Å². The molecule has 0 unspecified atom stereocenters. The second kappa shape index (κ2) is 9.87. The minimum absolute atomic E-state index is 0.264. The lowest BCUT2D eigenvalue weighted by molar-refractivity contribution is -0.111. The summed E-state index contributed by atoms with van der Waals surface area (Å²) in [6.07, 6.45) is 3.76. The summed E-state index contributed by atoms with van der Waals surface area (Å²) in [4.78, 5) is 20.8. The van der Waals surface area contributed by atoms with E-state index in [0.717, 1.165) is 33.4 Å². The number of halogens is 1. The number of hydrogen-bond donors (Lipinski definition) is 2. The van der Waals surface area contributed by atoms with Crippen molar-refractivity contribution in [2.45, 2.75) is 13.3 Å². The Kier molecular flexibility index (Phi) is 6.32. The summed E-state index contributed by atoms with van der Waals surface area (Å²) < 4.78 is 20.2. The zero-order chi connectivity index (χ0) is 25.1. The van der Waals surface area contributed by atoms with E-state index in [2.05, 4.69) is 15.4 Å². The van der Waals surface area contributed by atoms with E-state index in [1.165, 1.54) is 18.2 Å². The Hall–Kier alpha value is -4.72. The van der Waals surface area contributed by atoms with Crippen molar-refractivity contribution in [3.8, 4) is 11.7 Å². The highest BCUT2D eigenvalue weighted by molar-refractivity contribution is 6.01. The molecule has 36 heavy (non-hydrogen) atoms. The van der Waals surface area contributed by atoms with Crippen LogP contribution in [0.5, 0.6) is 5.75 Å². The normalized spacial score (nSPS) is 11.3. The molecule has 1 amide bonds. The summed E-state index contributed by atoms with van der Waals surface area (Å²) in [5, 5.41) is 7.40. The lowest BCUT2D eigenvalue weighted by Crippen LogP contribution is -2.13. The molecule has 7 nitrogen and oxygen atoms in total. The molecule has 0 radical (unpaired) electrons. The standard InChI is InChI=1S/C28H24FN5O2/c1-18-16-25(31-26(35)15-12-20-6-3-4-9-24(20)36-2)34(33-18)28-30-23-8-5-7-21(27(23)32-28)17-19-10-13-22(29)14-11-19/h3-16H,17H2,1-2H3,(H,30,32)(H,31,35)/b15-12+. The smallest absolute Gasteiger partial charge is 0.249 e. The molecule has 2 N–H and O–H groups in total. The number of aromatic nitrogens is 4. The number of para-hydroxylation sites is 2. The van der Waals surface area contributed by atoms with E-state index >= 15 is 0 Å². The zero-order valence-corrected chi connectivity index (χ0v) is 19.8. The number of benzene rings is 3. The highest BCUT2D eigenvalue weighted by Crippen LogP contribution is 2.24. The summed E-state index contributed by atoms with van der Waals surface area (Å²) in [6.45, 7) is 1.85. The number of fused-ring (bicyclic) bond motifs is 1. The minimum atomic E-state index is -0.310. The number of anilines is 1. The first-order chi connectivity index (χ1) is 17.5. The zero-order valence-electron chi connectivity index (χ0n) is 19.8. The summed E-state index contributed by atoms with van der Waals surface area (Å²) in [5.74, 6) is 1.08. The second-order valence-corrected chi connectivity index (χ2v) is 8.32. The van der Waals surface area contributed by atoms with Gasteiger partial charge in [-0.15, -0.1) is 0 Å². The van der Waals surface area contributed by atoms with Crippen molar-refractivity contribution in [3.63, 3.8) is 0 Å². The molecule has 5 rings (SSSR count). The molecule has 5 aromatic rings. The Balaban J connectivity index is 1.41. The van der Waals surface area contributed by atoms with Crippen LogP contribution in [0.25, 0.3) is 23.1 Å². The molecular formula is C28H24FN5O2. The van der Waals surface area contributed by atoms with Crippen molar-refractivity contribution in [2.75, 3.05) is 12.4 Å². The topological polar surface area (TPSA) is 84.8 Å². The molecule has 0 aliphatic heterocycles. The first-order valence-electron chi connectivity index (χ1n) is 11.4. The molecule has 2 aromatic heterocycles. The summed E-state index contributed by atoms with van der Waals surface area (Å²) >= 11 is 0. The number of carbonyl (C=O) groups is 1. The number of nitrogens with one attached hydrogen (secondary N) is 2. The summed E-state index contributed by atoms with van der Waals surface area (Å²) in [7, 11) is 1.59. The number of methoxy groups -OCH3 is 1. The Bertz CT molecular complexity index is 1570. The van der Waals surface area contributed by atoms with Crippen LogP contribution in [0.1, 0.15) is 22.4 Å². The van der Waals surface area contributed by atoms with E-state index in [-0.39, 0.29) is 11.7 Å². The number of nitrogens with zero attached hydrogens (tertiary/aromatic N) is 3. The molecule has 0 aliphatic carbocycles. The number of aryl methyl sites for hydroxylation is 1. The van der Waals surface area contributed by atoms with Crippen molar-refractivity contribution < 1.29 is 13.9 Å². The molecule has 180 valence electrons. The van der Waals surface area contributed by atoms with Crippen molar-refractivity contribution in [1.29, 1.82) is 0 Å². The Labute approximate surface area is 207 Å². The highest BCUT2D eigenvalue weighted by atomic mass is 19.1. The van der Waals surface area contributed by atoms with Crippen LogP contribution in [0.3, 0.4) is 0 Å². The molecule has 0 fully saturated rings. The number of aromatic amines is 1. The van der Waals surface area contributed by atoms with Crippen LogP contribution in [-0.4, -0.2) is 32.8 Å². The molecule has 0 aliphatic rings. The molecule has 0 saturated heterocycles. The van der Waals surface area contributed by atoms with Crippen LogP contribution in [0.4, 0.5) is 10.2 Å². The van der Waals surface area contributed by atoms with Gasteiger partial charge >= 0.3 is 0 Å². The van der Waals surface area contributed by atoms with Crippen LogP contribution in [-0.2, 0) is 11.2 Å². The van der Waals surface area contributed by atoms with E-state index in [1.807, 2.05) is 49.4 Å². The number of carbonyl (C=O) groups excluding carboxylic acids is 1. The van der Waals surface area contributed by atoms with Gasteiger partial charge < -0.3 is 15.0 Å². The van der Waals surface area contributed by atoms with Gasteiger partial charge in [-0.25, -0.2) is 9.37 Å². The number of rotatable bonds is 7. The molecule has 0 saturated carbocycles. The first-order valence-corrected chi connectivity index (χ1v) is 11.4. The van der Waals surface area contributed by atoms with Gasteiger partial charge in [-0.05, 0) is 54.8 Å². The van der Waals surface area contributed by atoms with Crippen molar-refractivity contribution in [3.05, 3.63) is 107 Å². The fraction of sp³-hybridized carbons (Fsp3) is 0.107. The van der Waals surface area contributed by atoms with Crippen LogP contribution >= 0.6 is 0 Å². The SMILES string of the molecule is COc1ccccc1/C=C/C(=O)Nc1cc(C)nn1-c1nc2c(Cc3ccc(F)cc3)cccc2[nH]1. The van der Waals surface area contributed by atoms with E-state index in [4.69, 9.17) is 9.72 Å². The average Bonchev–Trinajstić information content (AvgIpc) is 3.48. The fourth-order valence-corrected chi connectivity index (χ4v) is 4.03. The predicted molar refractivity (Wildman–Crippen MR) is 138 cm³/mol. The lowest BCUT2D eigenvalue weighted by atomic mass is 10.0. The maximum absolute atomic E-state index is 13.3. The van der Waals surface area contributed by atoms with E-state index in [1.54, 1.807) is 36.1 Å². The van der Waals surface area contributed by atoms with Crippen LogP contribution in [0.15, 0.2) is 78.9 Å². The summed E-state index contributed by atoms with van der Waals surface area (Å²) in [6, 6.07) is 21.6. The Morgan fingerprint density at radius 1 is 1.11 bits per heavy atom. The van der Waals surface area contributed by atoms with Crippen LogP contribution in [0.2, 0.25) is 0 Å². The van der Waals surface area contributed by atoms with Gasteiger partial charge in [-0.2, -0.15) is 9.78 Å². The van der Waals surface area contributed by atoms with Gasteiger partial charge in [0.25, 0.3) is 0 Å². The molecule has 0 bridgehead atoms. The van der Waals surface area contributed by atoms with Gasteiger partial charge in [0.05, 0.1) is 23.8 Å². The molecule has 3 aromatic carbocycles. The number of H-pyrrole nitrogens is 1. The number of hydrogen-bond acceptors (Lipinski definition) is 4. The van der Waals surface area contributed by atoms with Crippen molar-refractivity contribution in [2.24, 2.45) is 0 Å².